The number of alkyl halides is 3. The molecule has 0 aliphatic rings. The quantitative estimate of drug-likeness (QED) is 0.562. The van der Waals surface area contributed by atoms with E-state index in [2.05, 4.69) is 5.10 Å². The molecule has 5 nitrogen and oxygen atoms in total. The zero-order valence-electron chi connectivity index (χ0n) is 16.5. The van der Waals surface area contributed by atoms with Crippen molar-refractivity contribution in [2.75, 3.05) is 0 Å². The number of halogens is 3. The van der Waals surface area contributed by atoms with Crippen molar-refractivity contribution in [3.05, 3.63) is 53.8 Å². The molecule has 1 N–H and O–H groups in total. The van der Waals surface area contributed by atoms with Gasteiger partial charge in [-0.05, 0) is 18.1 Å². The topological polar surface area (TPSA) is 60.1 Å². The number of aryl methyl sites for hydroxylation is 2. The van der Waals surface area contributed by atoms with E-state index in [1.807, 2.05) is 13.8 Å². The van der Waals surface area contributed by atoms with Crippen LogP contribution in [0.25, 0.3) is 22.2 Å². The summed E-state index contributed by atoms with van der Waals surface area (Å²) >= 11 is 0. The molecule has 151 valence electrons. The van der Waals surface area contributed by atoms with Crippen LogP contribution in [-0.4, -0.2) is 25.6 Å². The van der Waals surface area contributed by atoms with Crippen molar-refractivity contribution < 1.29 is 51.0 Å². The molecule has 2 aromatic heterocycles. The van der Waals surface area contributed by atoms with E-state index in [0.29, 0.717) is 15.7 Å². The first-order valence-corrected chi connectivity index (χ1v) is 8.11. The van der Waals surface area contributed by atoms with Crippen molar-refractivity contribution >= 4 is 11.0 Å². The largest absolute Gasteiger partial charge is 0.505 e. The molecule has 2 heterocycles. The maximum absolute atomic E-state index is 12.9. The molecule has 1 aromatic carbocycles. The number of pyridine rings is 1. The van der Waals surface area contributed by atoms with Crippen molar-refractivity contribution in [1.82, 2.24) is 14.3 Å². The fourth-order valence-electron chi connectivity index (χ4n) is 2.74. The summed E-state index contributed by atoms with van der Waals surface area (Å²) in [5, 5.41) is 14.5. The van der Waals surface area contributed by atoms with Crippen LogP contribution < -0.4 is 5.56 Å². The molecule has 28 heavy (non-hydrogen) atoms. The summed E-state index contributed by atoms with van der Waals surface area (Å²) in [6.07, 6.45) is -3.30. The SMILES string of the molecule is CC.Cc1ccccc1-c1c(O)c2nn(C)cc2n(CC(F)(F)F)c1=O.[CH3-].[Y]. The van der Waals surface area contributed by atoms with E-state index in [4.69, 9.17) is 0 Å². The van der Waals surface area contributed by atoms with Crippen LogP contribution in [-0.2, 0) is 46.3 Å². The Morgan fingerprint density at radius 2 is 1.75 bits per heavy atom. The van der Waals surface area contributed by atoms with Gasteiger partial charge in [0.15, 0.2) is 11.3 Å². The Morgan fingerprint density at radius 3 is 2.29 bits per heavy atom. The van der Waals surface area contributed by atoms with Gasteiger partial charge in [-0.2, -0.15) is 18.3 Å². The molecule has 1 radical (unpaired) electrons. The number of benzene rings is 1. The molecule has 0 amide bonds. The minimum absolute atomic E-state index is 0. The third kappa shape index (κ3) is 5.23. The summed E-state index contributed by atoms with van der Waals surface area (Å²) in [4.78, 5) is 12.7. The zero-order valence-corrected chi connectivity index (χ0v) is 19.3. The maximum Gasteiger partial charge on any atom is 0.406 e. The number of rotatable bonds is 2. The summed E-state index contributed by atoms with van der Waals surface area (Å²) in [6.45, 7) is 4.26. The van der Waals surface area contributed by atoms with Crippen molar-refractivity contribution in [1.29, 1.82) is 0 Å². The summed E-state index contributed by atoms with van der Waals surface area (Å²) in [6, 6.07) is 6.69. The van der Waals surface area contributed by atoms with Crippen LogP contribution in [0.3, 0.4) is 0 Å². The van der Waals surface area contributed by atoms with Crippen LogP contribution in [0.15, 0.2) is 35.3 Å². The van der Waals surface area contributed by atoms with E-state index >= 15 is 0 Å². The average Bonchev–Trinajstić information content (AvgIpc) is 2.96. The van der Waals surface area contributed by atoms with Crippen LogP contribution in [0.4, 0.5) is 13.2 Å². The summed E-state index contributed by atoms with van der Waals surface area (Å²) in [5.74, 6) is -0.414. The smallest absolute Gasteiger partial charge is 0.406 e. The molecule has 3 aromatic rings. The predicted molar refractivity (Wildman–Crippen MR) is 101 cm³/mol. The molecule has 0 aliphatic carbocycles. The van der Waals surface area contributed by atoms with Gasteiger partial charge < -0.3 is 12.5 Å². The fraction of sp³-hybridized carbons (Fsp3) is 0.316. The maximum atomic E-state index is 12.9. The minimum Gasteiger partial charge on any atom is -0.505 e. The first-order valence-electron chi connectivity index (χ1n) is 8.11. The van der Waals surface area contributed by atoms with E-state index in [1.165, 1.54) is 17.9 Å². The number of fused-ring (bicyclic) bond motifs is 1. The summed E-state index contributed by atoms with van der Waals surface area (Å²) in [7, 11) is 1.51. The fourth-order valence-corrected chi connectivity index (χ4v) is 2.74. The Labute approximate surface area is 187 Å². The Hall–Kier alpha value is -1.67. The predicted octanol–water partition coefficient (Wildman–Crippen LogP) is 4.45. The minimum atomic E-state index is -4.58. The van der Waals surface area contributed by atoms with Gasteiger partial charge in [0.2, 0.25) is 0 Å². The number of hydrogen-bond donors (Lipinski definition) is 1. The summed E-state index contributed by atoms with van der Waals surface area (Å²) < 4.78 is 40.6. The Morgan fingerprint density at radius 1 is 1.18 bits per heavy atom. The first kappa shape index (κ1) is 26.3. The average molecular weight is 471 g/mol. The van der Waals surface area contributed by atoms with E-state index in [0.717, 1.165) is 0 Å². The van der Waals surface area contributed by atoms with Crippen molar-refractivity contribution in [2.24, 2.45) is 7.05 Å². The number of aromatic nitrogens is 3. The van der Waals surface area contributed by atoms with Crippen LogP contribution in [0.2, 0.25) is 0 Å². The third-order valence-corrected chi connectivity index (χ3v) is 3.77. The molecule has 0 unspecified atom stereocenters. The second-order valence-electron chi connectivity index (χ2n) is 5.58. The van der Waals surface area contributed by atoms with Crippen molar-refractivity contribution in [3.63, 3.8) is 0 Å². The first-order chi connectivity index (χ1) is 12.2. The van der Waals surface area contributed by atoms with Gasteiger partial charge in [0, 0.05) is 46.0 Å². The molecule has 0 bridgehead atoms. The van der Waals surface area contributed by atoms with E-state index in [1.54, 1.807) is 31.2 Å². The van der Waals surface area contributed by atoms with Crippen LogP contribution in [0, 0.1) is 14.4 Å². The number of nitrogens with zero attached hydrogens (tertiary/aromatic N) is 3. The molecule has 0 fully saturated rings. The van der Waals surface area contributed by atoms with Crippen molar-refractivity contribution in [2.45, 2.75) is 33.5 Å². The van der Waals surface area contributed by atoms with E-state index in [9.17, 15) is 23.1 Å². The van der Waals surface area contributed by atoms with Gasteiger partial charge in [-0.3, -0.25) is 14.0 Å². The monoisotopic (exact) mass is 471 g/mol. The molecular weight excluding hydrogens is 448 g/mol. The summed E-state index contributed by atoms with van der Waals surface area (Å²) in [5.41, 5.74) is -0.139. The van der Waals surface area contributed by atoms with Gasteiger partial charge in [-0.15, -0.1) is 0 Å². The van der Waals surface area contributed by atoms with E-state index < -0.39 is 24.0 Å². The molecule has 0 saturated carbocycles. The second-order valence-corrected chi connectivity index (χ2v) is 5.58. The molecular formula is C19H23F3N3O2Y-. The Kier molecular flexibility index (Phi) is 9.60. The zero-order chi connectivity index (χ0) is 19.6. The molecule has 3 rings (SSSR count). The molecule has 0 atom stereocenters. The number of aromatic hydroxyl groups is 1. The second kappa shape index (κ2) is 10.2. The van der Waals surface area contributed by atoms with Crippen LogP contribution in [0.5, 0.6) is 5.75 Å². The van der Waals surface area contributed by atoms with Gasteiger partial charge in [0.25, 0.3) is 5.56 Å². The molecule has 0 spiro atoms. The molecule has 0 aliphatic heterocycles. The van der Waals surface area contributed by atoms with E-state index in [-0.39, 0.29) is 56.7 Å². The van der Waals surface area contributed by atoms with Gasteiger partial charge in [-0.1, -0.05) is 38.1 Å². The van der Waals surface area contributed by atoms with Crippen LogP contribution >= 0.6 is 0 Å². The Bertz CT molecular complexity index is 994. The third-order valence-electron chi connectivity index (χ3n) is 3.77. The van der Waals surface area contributed by atoms with Gasteiger partial charge in [-0.25, -0.2) is 0 Å². The Balaban J connectivity index is 0.00000177. The number of hydrogen-bond acceptors (Lipinski definition) is 3. The molecule has 9 heteroatoms. The van der Waals surface area contributed by atoms with Gasteiger partial charge in [0.05, 0.1) is 11.1 Å². The van der Waals surface area contributed by atoms with Gasteiger partial charge in [0.1, 0.15) is 6.54 Å². The van der Waals surface area contributed by atoms with Crippen LogP contribution in [0.1, 0.15) is 19.4 Å². The van der Waals surface area contributed by atoms with Crippen molar-refractivity contribution in [3.8, 4) is 16.9 Å². The standard InChI is InChI=1S/C16H14F3N3O2.C2H6.CH3.Y/c1-9-5-3-4-6-10(9)12-14(23)13-11(7-21(2)20-13)22(15(12)24)8-16(17,18)19;1-2;;/h3-7,23H,8H2,1-2H3;1-2H3;1H3;/q;;-1;. The van der Waals surface area contributed by atoms with Gasteiger partial charge >= 0.3 is 6.18 Å². The molecule has 0 saturated heterocycles. The normalized spacial score (nSPS) is 10.5.